The zero-order chi connectivity index (χ0) is 43.3. The SMILES string of the molecule is NC1CCC(C(=O)OC(CCCC(OC(=O)C2CCC(N)CC2)c2cc(O)c3c(c2O)C(=O)c2ccccc2C3=O)c2cc(O)c3c(c2O)C(=O)c2ccccc2C3=O)CC1. The molecule has 4 aliphatic rings. The van der Waals surface area contributed by atoms with Crippen LogP contribution in [0, 0.1) is 11.8 Å². The molecule has 14 nitrogen and oxygen atoms in total. The van der Waals surface area contributed by atoms with E-state index in [0.717, 1.165) is 12.1 Å². The van der Waals surface area contributed by atoms with Crippen LogP contribution in [-0.2, 0) is 19.1 Å². The third-order valence-electron chi connectivity index (χ3n) is 12.7. The molecule has 14 heteroatoms. The number of esters is 2. The van der Waals surface area contributed by atoms with Gasteiger partial charge in [-0.25, -0.2) is 0 Å². The van der Waals surface area contributed by atoms with Gasteiger partial charge in [-0.1, -0.05) is 48.5 Å². The summed E-state index contributed by atoms with van der Waals surface area (Å²) < 4.78 is 12.2. The largest absolute Gasteiger partial charge is 0.507 e. The molecule has 316 valence electrons. The maximum Gasteiger partial charge on any atom is 0.309 e. The molecule has 0 heterocycles. The molecule has 0 aromatic heterocycles. The number of ether oxygens (including phenoxy) is 2. The summed E-state index contributed by atoms with van der Waals surface area (Å²) >= 11 is 0. The summed E-state index contributed by atoms with van der Waals surface area (Å²) in [6.45, 7) is 0. The van der Waals surface area contributed by atoms with Crippen LogP contribution < -0.4 is 11.5 Å². The maximum absolute atomic E-state index is 13.8. The van der Waals surface area contributed by atoms with Gasteiger partial charge < -0.3 is 41.4 Å². The summed E-state index contributed by atoms with van der Waals surface area (Å²) in [4.78, 5) is 82.1. The minimum Gasteiger partial charge on any atom is -0.507 e. The van der Waals surface area contributed by atoms with Crippen LogP contribution in [0.3, 0.4) is 0 Å². The number of phenolic OH excluding ortho intramolecular Hbond substituents is 4. The number of nitrogens with two attached hydrogens (primary N) is 2. The Hall–Kier alpha value is -6.38. The van der Waals surface area contributed by atoms with E-state index in [4.69, 9.17) is 20.9 Å². The van der Waals surface area contributed by atoms with E-state index >= 15 is 0 Å². The lowest BCUT2D eigenvalue weighted by atomic mass is 9.81. The molecule has 0 amide bonds. The van der Waals surface area contributed by atoms with Crippen molar-refractivity contribution in [1.29, 1.82) is 0 Å². The highest BCUT2D eigenvalue weighted by atomic mass is 16.5. The van der Waals surface area contributed by atoms with Crippen molar-refractivity contribution >= 4 is 35.1 Å². The fourth-order valence-electron chi connectivity index (χ4n) is 9.27. The van der Waals surface area contributed by atoms with Crippen LogP contribution in [0.15, 0.2) is 60.7 Å². The van der Waals surface area contributed by atoms with Gasteiger partial charge in [0, 0.05) is 45.5 Å². The molecular weight excluding hydrogens is 785 g/mol. The van der Waals surface area contributed by atoms with E-state index in [9.17, 15) is 49.2 Å². The number of aromatic hydroxyl groups is 4. The molecule has 2 unspecified atom stereocenters. The van der Waals surface area contributed by atoms with Crippen LogP contribution in [-0.4, -0.2) is 67.6 Å². The first-order valence-electron chi connectivity index (χ1n) is 20.7. The number of carbonyl (C=O) groups is 6. The predicted octanol–water partition coefficient (Wildman–Crippen LogP) is 6.13. The smallest absolute Gasteiger partial charge is 0.309 e. The molecule has 0 spiro atoms. The van der Waals surface area contributed by atoms with E-state index in [2.05, 4.69) is 0 Å². The minimum absolute atomic E-state index is 0.0281. The molecule has 4 aromatic carbocycles. The third-order valence-corrected chi connectivity index (χ3v) is 12.7. The first kappa shape index (κ1) is 41.4. The average molecular weight is 831 g/mol. The molecule has 0 saturated heterocycles. The highest BCUT2D eigenvalue weighted by molar-refractivity contribution is 6.31. The van der Waals surface area contributed by atoms with Gasteiger partial charge in [0.05, 0.1) is 34.1 Å². The van der Waals surface area contributed by atoms with Gasteiger partial charge in [-0.2, -0.15) is 0 Å². The molecule has 8 N–H and O–H groups in total. The van der Waals surface area contributed by atoms with Gasteiger partial charge in [-0.3, -0.25) is 28.8 Å². The fraction of sp³-hybridized carbons (Fsp3) is 0.362. The Morgan fingerprint density at radius 1 is 0.525 bits per heavy atom. The Balaban J connectivity index is 1.14. The summed E-state index contributed by atoms with van der Waals surface area (Å²) in [5, 5.41) is 46.1. The summed E-state index contributed by atoms with van der Waals surface area (Å²) in [7, 11) is 0. The Morgan fingerprint density at radius 3 is 1.16 bits per heavy atom. The van der Waals surface area contributed by atoms with E-state index in [1.54, 1.807) is 24.3 Å². The molecule has 4 aliphatic carbocycles. The Morgan fingerprint density at radius 2 is 0.836 bits per heavy atom. The number of carbonyl (C=O) groups excluding carboxylic acids is 6. The van der Waals surface area contributed by atoms with Gasteiger partial charge >= 0.3 is 11.9 Å². The second-order valence-corrected chi connectivity index (χ2v) is 16.6. The molecule has 61 heavy (non-hydrogen) atoms. The van der Waals surface area contributed by atoms with Crippen molar-refractivity contribution in [2.75, 3.05) is 0 Å². The van der Waals surface area contributed by atoms with Crippen molar-refractivity contribution in [1.82, 2.24) is 0 Å². The quantitative estimate of drug-likeness (QED) is 0.0671. The van der Waals surface area contributed by atoms with Gasteiger partial charge in [0.2, 0.25) is 0 Å². The van der Waals surface area contributed by atoms with Crippen molar-refractivity contribution in [2.45, 2.75) is 94.9 Å². The van der Waals surface area contributed by atoms with Crippen LogP contribution in [0.1, 0.15) is 158 Å². The number of ketones is 4. The lowest BCUT2D eigenvalue weighted by Gasteiger charge is -2.29. The first-order chi connectivity index (χ1) is 29.2. The number of hydrogen-bond donors (Lipinski definition) is 6. The zero-order valence-corrected chi connectivity index (χ0v) is 33.2. The lowest BCUT2D eigenvalue weighted by Crippen LogP contribution is -2.31. The van der Waals surface area contributed by atoms with E-state index < -0.39 is 93.2 Å². The van der Waals surface area contributed by atoms with Gasteiger partial charge in [0.15, 0.2) is 23.1 Å². The highest BCUT2D eigenvalue weighted by Gasteiger charge is 2.40. The van der Waals surface area contributed by atoms with Crippen LogP contribution in [0.4, 0.5) is 0 Å². The normalized spacial score (nSPS) is 21.7. The minimum atomic E-state index is -1.31. The van der Waals surface area contributed by atoms with Crippen LogP contribution in [0.5, 0.6) is 23.0 Å². The molecule has 4 aromatic rings. The van der Waals surface area contributed by atoms with Crippen molar-refractivity contribution in [2.24, 2.45) is 23.3 Å². The van der Waals surface area contributed by atoms with Gasteiger partial charge in [0.1, 0.15) is 35.2 Å². The van der Waals surface area contributed by atoms with E-state index in [1.165, 1.54) is 24.3 Å². The Bertz CT molecular complexity index is 2320. The van der Waals surface area contributed by atoms with E-state index in [0.29, 0.717) is 51.4 Å². The Kier molecular flexibility index (Phi) is 11.2. The average Bonchev–Trinajstić information content (AvgIpc) is 3.25. The number of phenols is 4. The molecule has 8 rings (SSSR count). The van der Waals surface area contributed by atoms with Gasteiger partial charge in [0.25, 0.3) is 0 Å². The van der Waals surface area contributed by atoms with Crippen LogP contribution >= 0.6 is 0 Å². The molecule has 0 aliphatic heterocycles. The number of fused-ring (bicyclic) bond motifs is 4. The maximum atomic E-state index is 13.8. The molecular formula is C47H46N2O12. The molecule has 2 saturated carbocycles. The summed E-state index contributed by atoms with van der Waals surface area (Å²) in [5.41, 5.74) is 10.4. The van der Waals surface area contributed by atoms with Gasteiger partial charge in [-0.05, 0) is 82.8 Å². The third kappa shape index (κ3) is 7.54. The van der Waals surface area contributed by atoms with Crippen molar-refractivity contribution < 1.29 is 58.7 Å². The first-order valence-corrected chi connectivity index (χ1v) is 20.7. The van der Waals surface area contributed by atoms with E-state index in [1.807, 2.05) is 0 Å². The summed E-state index contributed by atoms with van der Waals surface area (Å²) in [6.07, 6.45) is 1.37. The molecule has 0 bridgehead atoms. The number of rotatable bonds is 10. The topological polar surface area (TPSA) is 254 Å². The van der Waals surface area contributed by atoms with Crippen LogP contribution in [0.25, 0.3) is 0 Å². The standard InChI is InChI=1S/C47H46N2O12/c48-24-16-12-22(13-17-24)46(58)60-34(30-20-32(50)36-38(44(30)56)42(54)28-8-3-1-6-26(28)40(36)52)10-5-11-35(61-47(59)23-14-18-25(49)19-15-23)31-21-33(51)37-39(45(31)57)43(55)29-9-4-2-7-27(29)41(37)53/h1-4,6-9,20-25,34-35,50-51,56-57H,5,10-19,48-49H2. The highest BCUT2D eigenvalue weighted by Crippen LogP contribution is 2.47. The summed E-state index contributed by atoms with van der Waals surface area (Å²) in [5.74, 6) is -7.50. The molecule has 0 radical (unpaired) electrons. The van der Waals surface area contributed by atoms with E-state index in [-0.39, 0.29) is 75.9 Å². The second-order valence-electron chi connectivity index (χ2n) is 16.6. The number of hydrogen-bond acceptors (Lipinski definition) is 14. The molecule has 2 atom stereocenters. The van der Waals surface area contributed by atoms with Crippen molar-refractivity contribution in [3.63, 3.8) is 0 Å². The number of benzene rings is 4. The van der Waals surface area contributed by atoms with Gasteiger partial charge in [-0.15, -0.1) is 0 Å². The monoisotopic (exact) mass is 830 g/mol. The van der Waals surface area contributed by atoms with Crippen LogP contribution in [0.2, 0.25) is 0 Å². The summed E-state index contributed by atoms with van der Waals surface area (Å²) in [6, 6.07) is 14.1. The second kappa shape index (κ2) is 16.6. The van der Waals surface area contributed by atoms with Crippen molar-refractivity contribution in [3.8, 4) is 23.0 Å². The lowest BCUT2D eigenvalue weighted by molar-refractivity contribution is -0.156. The van der Waals surface area contributed by atoms with Crippen molar-refractivity contribution in [3.05, 3.63) is 116 Å². The molecule has 2 fully saturated rings. The fourth-order valence-corrected chi connectivity index (χ4v) is 9.27. The predicted molar refractivity (Wildman–Crippen MR) is 218 cm³/mol. The zero-order valence-electron chi connectivity index (χ0n) is 33.2. The Labute approximate surface area is 350 Å².